The first-order chi connectivity index (χ1) is 8.88. The highest BCUT2D eigenvalue weighted by atomic mass is 16.5. The maximum absolute atomic E-state index is 12.0. The molecule has 1 saturated heterocycles. The van der Waals surface area contributed by atoms with Crippen molar-refractivity contribution in [2.24, 2.45) is 0 Å². The van der Waals surface area contributed by atoms with Gasteiger partial charge in [0, 0.05) is 6.04 Å². The Hall–Kier alpha value is -0.810. The molecule has 2 amide bonds. The first-order valence-corrected chi connectivity index (χ1v) is 7.23. The van der Waals surface area contributed by atoms with Gasteiger partial charge in [-0.1, -0.05) is 13.3 Å². The third-order valence-corrected chi connectivity index (χ3v) is 3.60. The van der Waals surface area contributed by atoms with Crippen molar-refractivity contribution in [3.8, 4) is 0 Å². The Labute approximate surface area is 116 Å². The van der Waals surface area contributed by atoms with Crippen molar-refractivity contribution in [1.82, 2.24) is 10.6 Å². The molecule has 0 bridgehead atoms. The average molecular weight is 272 g/mol. The molecular weight excluding hydrogens is 244 g/mol. The van der Waals surface area contributed by atoms with Crippen LogP contribution in [0, 0.1) is 0 Å². The normalized spacial score (nSPS) is 30.5. The predicted molar refractivity (Wildman–Crippen MR) is 75.1 cm³/mol. The summed E-state index contributed by atoms with van der Waals surface area (Å²) in [6.45, 7) is 7.91. The van der Waals surface area contributed by atoms with Crippen molar-refractivity contribution >= 4 is 6.03 Å². The maximum Gasteiger partial charge on any atom is 0.315 e. The van der Waals surface area contributed by atoms with Gasteiger partial charge in [-0.05, 0) is 40.0 Å². The molecule has 19 heavy (non-hydrogen) atoms. The average Bonchev–Trinajstić information content (AvgIpc) is 2.27. The van der Waals surface area contributed by atoms with Crippen LogP contribution in [0.3, 0.4) is 0 Å². The molecule has 1 heterocycles. The number of ether oxygens (including phenoxy) is 1. The molecule has 0 saturated carbocycles. The van der Waals surface area contributed by atoms with Crippen LogP contribution in [0.25, 0.3) is 0 Å². The molecule has 1 rings (SSSR count). The summed E-state index contributed by atoms with van der Waals surface area (Å²) in [5.74, 6) is 0. The number of hydrogen-bond acceptors (Lipinski definition) is 3. The lowest BCUT2D eigenvalue weighted by Gasteiger charge is -2.34. The monoisotopic (exact) mass is 272 g/mol. The molecule has 112 valence electrons. The molecule has 0 aromatic rings. The minimum Gasteiger partial charge on any atom is -0.394 e. The highest BCUT2D eigenvalue weighted by molar-refractivity contribution is 5.75. The Morgan fingerprint density at radius 3 is 2.42 bits per heavy atom. The lowest BCUT2D eigenvalue weighted by molar-refractivity contribution is -0.0403. The minimum atomic E-state index is -0.540. The number of aliphatic hydroxyl groups is 1. The highest BCUT2D eigenvalue weighted by Gasteiger charge is 2.28. The summed E-state index contributed by atoms with van der Waals surface area (Å²) >= 11 is 0. The molecule has 0 spiro atoms. The van der Waals surface area contributed by atoms with Crippen molar-refractivity contribution in [2.45, 2.75) is 77.2 Å². The fraction of sp³-hybridized carbons (Fsp3) is 0.929. The van der Waals surface area contributed by atoms with E-state index in [1.54, 1.807) is 0 Å². The molecule has 0 radical (unpaired) electrons. The van der Waals surface area contributed by atoms with E-state index in [1.165, 1.54) is 0 Å². The molecule has 0 aliphatic carbocycles. The summed E-state index contributed by atoms with van der Waals surface area (Å²) in [7, 11) is 0. The Balaban J connectivity index is 2.46. The van der Waals surface area contributed by atoms with Crippen LogP contribution in [-0.2, 0) is 4.74 Å². The van der Waals surface area contributed by atoms with Crippen molar-refractivity contribution < 1.29 is 14.6 Å². The molecule has 5 heteroatoms. The molecule has 0 aromatic carbocycles. The van der Waals surface area contributed by atoms with Crippen molar-refractivity contribution in [3.63, 3.8) is 0 Å². The van der Waals surface area contributed by atoms with Gasteiger partial charge in [-0.2, -0.15) is 0 Å². The van der Waals surface area contributed by atoms with Crippen molar-refractivity contribution in [3.05, 3.63) is 0 Å². The Morgan fingerprint density at radius 1 is 1.37 bits per heavy atom. The second-order valence-corrected chi connectivity index (χ2v) is 5.99. The van der Waals surface area contributed by atoms with Crippen LogP contribution in [0.1, 0.15) is 53.4 Å². The van der Waals surface area contributed by atoms with E-state index < -0.39 is 5.54 Å². The summed E-state index contributed by atoms with van der Waals surface area (Å²) < 4.78 is 5.65. The number of carbonyl (C=O) groups is 1. The zero-order valence-corrected chi connectivity index (χ0v) is 12.5. The van der Waals surface area contributed by atoms with Gasteiger partial charge in [0.05, 0.1) is 24.4 Å². The number of aliphatic hydroxyl groups excluding tert-OH is 1. The third-order valence-electron chi connectivity index (χ3n) is 3.60. The van der Waals surface area contributed by atoms with Gasteiger partial charge in [0.2, 0.25) is 0 Å². The van der Waals surface area contributed by atoms with Gasteiger partial charge in [-0.15, -0.1) is 0 Å². The first kappa shape index (κ1) is 16.2. The molecule has 1 fully saturated rings. The van der Waals surface area contributed by atoms with E-state index in [9.17, 15) is 9.90 Å². The minimum absolute atomic E-state index is 0.0468. The van der Waals surface area contributed by atoms with E-state index in [0.29, 0.717) is 0 Å². The van der Waals surface area contributed by atoms with Gasteiger partial charge < -0.3 is 20.5 Å². The topological polar surface area (TPSA) is 70.6 Å². The van der Waals surface area contributed by atoms with E-state index in [2.05, 4.69) is 10.6 Å². The van der Waals surface area contributed by atoms with Crippen LogP contribution in [0.4, 0.5) is 4.79 Å². The molecule has 3 atom stereocenters. The SMILES string of the molecule is CCCC(C)(CO)NC(=O)NC1CC(C)OC(C)C1. The molecule has 3 unspecified atom stereocenters. The van der Waals surface area contributed by atoms with E-state index >= 15 is 0 Å². The second kappa shape index (κ2) is 7.10. The van der Waals surface area contributed by atoms with Crippen LogP contribution in [-0.4, -0.2) is 41.5 Å². The fourth-order valence-corrected chi connectivity index (χ4v) is 2.75. The largest absolute Gasteiger partial charge is 0.394 e. The number of nitrogens with one attached hydrogen (secondary N) is 2. The van der Waals surface area contributed by atoms with Crippen LogP contribution in [0.5, 0.6) is 0 Å². The second-order valence-electron chi connectivity index (χ2n) is 5.99. The molecule has 1 aliphatic heterocycles. The van der Waals surface area contributed by atoms with E-state index in [-0.39, 0.29) is 30.9 Å². The lowest BCUT2D eigenvalue weighted by Crippen LogP contribution is -2.55. The summed E-state index contributed by atoms with van der Waals surface area (Å²) in [5, 5.41) is 15.3. The Morgan fingerprint density at radius 2 is 1.95 bits per heavy atom. The van der Waals surface area contributed by atoms with E-state index in [0.717, 1.165) is 25.7 Å². The van der Waals surface area contributed by atoms with Gasteiger partial charge in [-0.25, -0.2) is 4.79 Å². The summed E-state index contributed by atoms with van der Waals surface area (Å²) in [5.41, 5.74) is -0.540. The van der Waals surface area contributed by atoms with Crippen LogP contribution in [0.2, 0.25) is 0 Å². The van der Waals surface area contributed by atoms with Gasteiger partial charge in [-0.3, -0.25) is 0 Å². The fourth-order valence-electron chi connectivity index (χ4n) is 2.75. The lowest BCUT2D eigenvalue weighted by atomic mass is 9.97. The predicted octanol–water partition coefficient (Wildman–Crippen LogP) is 1.79. The van der Waals surface area contributed by atoms with Crippen LogP contribution < -0.4 is 10.6 Å². The molecule has 3 N–H and O–H groups in total. The van der Waals surface area contributed by atoms with Gasteiger partial charge in [0.15, 0.2) is 0 Å². The zero-order valence-electron chi connectivity index (χ0n) is 12.5. The Kier molecular flexibility index (Phi) is 6.07. The summed E-state index contributed by atoms with van der Waals surface area (Å²) in [6, 6.07) is -0.0559. The van der Waals surface area contributed by atoms with Crippen LogP contribution in [0.15, 0.2) is 0 Å². The molecule has 0 aromatic heterocycles. The number of amides is 2. The Bertz CT molecular complexity index is 288. The first-order valence-electron chi connectivity index (χ1n) is 7.23. The third kappa shape index (κ3) is 5.37. The maximum atomic E-state index is 12.0. The van der Waals surface area contributed by atoms with Crippen molar-refractivity contribution in [2.75, 3.05) is 6.61 Å². The number of rotatable bonds is 5. The molecule has 1 aliphatic rings. The van der Waals surface area contributed by atoms with E-state index in [4.69, 9.17) is 4.74 Å². The van der Waals surface area contributed by atoms with Gasteiger partial charge >= 0.3 is 6.03 Å². The smallest absolute Gasteiger partial charge is 0.315 e. The summed E-state index contributed by atoms with van der Waals surface area (Å²) in [6.07, 6.45) is 3.70. The van der Waals surface area contributed by atoms with E-state index in [1.807, 2.05) is 27.7 Å². The van der Waals surface area contributed by atoms with Crippen molar-refractivity contribution in [1.29, 1.82) is 0 Å². The summed E-state index contributed by atoms with van der Waals surface area (Å²) in [4.78, 5) is 12.0. The number of hydrogen-bond donors (Lipinski definition) is 3. The number of urea groups is 1. The zero-order chi connectivity index (χ0) is 14.5. The standard InChI is InChI=1S/C14H28N2O3/c1-5-6-14(4,9-17)16-13(18)15-12-7-10(2)19-11(3)8-12/h10-12,17H,5-9H2,1-4H3,(H2,15,16,18). The van der Waals surface area contributed by atoms with Gasteiger partial charge in [0.25, 0.3) is 0 Å². The highest BCUT2D eigenvalue weighted by Crippen LogP contribution is 2.19. The molecular formula is C14H28N2O3. The quantitative estimate of drug-likeness (QED) is 0.714. The number of carbonyl (C=O) groups excluding carboxylic acids is 1. The van der Waals surface area contributed by atoms with Gasteiger partial charge in [0.1, 0.15) is 0 Å². The molecule has 5 nitrogen and oxygen atoms in total. The van der Waals surface area contributed by atoms with Crippen LogP contribution >= 0.6 is 0 Å².